The number of allylic oxidation sites excluding steroid dienone is 8. The van der Waals surface area contributed by atoms with Crippen LogP contribution >= 0.6 is 0 Å². The average Bonchev–Trinajstić information content (AvgIpc) is 3.60. The fourth-order valence-corrected chi connectivity index (χ4v) is 10.1. The van der Waals surface area contributed by atoms with Crippen molar-refractivity contribution in [2.45, 2.75) is 116 Å². The summed E-state index contributed by atoms with van der Waals surface area (Å²) >= 11 is 0. The van der Waals surface area contributed by atoms with E-state index in [9.17, 15) is 27.7 Å². The number of aliphatic hydroxyl groups is 1. The normalized spacial score (nSPS) is 17.4. The number of unbranched alkanes of at least 4 members (excludes halogenated alkanes) is 3. The first-order valence-electron chi connectivity index (χ1n) is 22.8. The highest BCUT2D eigenvalue weighted by Crippen LogP contribution is 2.51. The molecule has 0 saturated heterocycles. The molecule has 11 heteroatoms. The van der Waals surface area contributed by atoms with Gasteiger partial charge in [-0.15, -0.1) is 0 Å². The predicted octanol–water partition coefficient (Wildman–Crippen LogP) is 10.2. The lowest BCUT2D eigenvalue weighted by atomic mass is 9.79. The second-order valence-electron chi connectivity index (χ2n) is 18.1. The topological polar surface area (TPSA) is 136 Å². The summed E-state index contributed by atoms with van der Waals surface area (Å²) in [6.07, 6.45) is 18.1. The largest absolute Gasteiger partial charge is 0.368 e. The monoisotopic (exact) mass is 888 g/mol. The maximum Gasteiger partial charge on any atom is 0.264 e. The van der Waals surface area contributed by atoms with Crippen molar-refractivity contribution < 1.29 is 37.0 Å². The van der Waals surface area contributed by atoms with Gasteiger partial charge in [0.15, 0.2) is 12.0 Å². The van der Waals surface area contributed by atoms with Crippen molar-refractivity contribution in [1.82, 2.24) is 5.32 Å². The number of benzene rings is 4. The zero-order valence-corrected chi connectivity index (χ0v) is 39.2. The second-order valence-corrected chi connectivity index (χ2v) is 19.7. The Morgan fingerprint density at radius 1 is 0.766 bits per heavy atom. The summed E-state index contributed by atoms with van der Waals surface area (Å²) in [5, 5.41) is 17.0. The molecule has 2 atom stereocenters. The van der Waals surface area contributed by atoms with Crippen LogP contribution in [-0.2, 0) is 35.3 Å². The number of rotatable bonds is 22. The van der Waals surface area contributed by atoms with E-state index in [0.717, 1.165) is 37.2 Å². The number of carbonyl (C=O) groups is 2. The smallest absolute Gasteiger partial charge is 0.264 e. The highest BCUT2D eigenvalue weighted by atomic mass is 32.2. The Balaban J connectivity index is 1.13. The summed E-state index contributed by atoms with van der Waals surface area (Å²) in [5.41, 5.74) is 6.75. The molecule has 0 aliphatic carbocycles. The van der Waals surface area contributed by atoms with Crippen LogP contribution in [0.1, 0.15) is 104 Å². The molecule has 0 spiro atoms. The number of ketones is 1. The average molecular weight is 889 g/mol. The van der Waals surface area contributed by atoms with Crippen LogP contribution < -0.4 is 10.2 Å². The molecular formula is C53H66N3O7S+. The third kappa shape index (κ3) is 11.5. The Hall–Kier alpha value is -5.20. The molecule has 0 unspecified atom stereocenters. The van der Waals surface area contributed by atoms with Crippen LogP contribution in [0.3, 0.4) is 0 Å². The summed E-state index contributed by atoms with van der Waals surface area (Å²) in [6.45, 7) is 14.0. The third-order valence-corrected chi connectivity index (χ3v) is 13.3. The molecule has 0 fully saturated rings. The lowest BCUT2D eigenvalue weighted by Gasteiger charge is -2.27. The molecular weight excluding hydrogens is 823 g/mol. The minimum Gasteiger partial charge on any atom is -0.368 e. The van der Waals surface area contributed by atoms with E-state index in [4.69, 9.17) is 4.74 Å². The highest BCUT2D eigenvalue weighted by Gasteiger charge is 2.45. The van der Waals surface area contributed by atoms with Crippen LogP contribution in [0, 0.1) is 0 Å². The molecule has 0 saturated carbocycles. The van der Waals surface area contributed by atoms with Gasteiger partial charge in [-0.2, -0.15) is 13.0 Å². The van der Waals surface area contributed by atoms with Gasteiger partial charge in [-0.3, -0.25) is 14.1 Å². The van der Waals surface area contributed by atoms with E-state index >= 15 is 0 Å². The van der Waals surface area contributed by atoms with E-state index in [1.165, 1.54) is 51.0 Å². The molecule has 64 heavy (non-hydrogen) atoms. The Bertz CT molecular complexity index is 2600. The maximum atomic E-state index is 12.7. The quantitative estimate of drug-likeness (QED) is 0.0233. The van der Waals surface area contributed by atoms with Crippen molar-refractivity contribution in [1.29, 1.82) is 0 Å². The van der Waals surface area contributed by atoms with Crippen LogP contribution in [0.4, 0.5) is 11.4 Å². The first-order valence-corrected chi connectivity index (χ1v) is 24.4. The lowest BCUT2D eigenvalue weighted by molar-refractivity contribution is -0.438. The molecule has 4 aromatic carbocycles. The number of carbonyl (C=O) groups excluding carboxylic acids is 2. The van der Waals surface area contributed by atoms with Crippen LogP contribution in [0.15, 0.2) is 121 Å². The molecule has 6 rings (SSSR count). The van der Waals surface area contributed by atoms with Crippen LogP contribution in [-0.4, -0.2) is 77.8 Å². The first kappa shape index (κ1) is 48.3. The molecule has 4 aromatic rings. The van der Waals surface area contributed by atoms with Crippen molar-refractivity contribution in [3.8, 4) is 0 Å². The molecule has 2 heterocycles. The van der Waals surface area contributed by atoms with Crippen LogP contribution in [0.5, 0.6) is 0 Å². The van der Waals surface area contributed by atoms with Gasteiger partial charge in [0.2, 0.25) is 11.6 Å². The van der Waals surface area contributed by atoms with Crippen molar-refractivity contribution in [3.63, 3.8) is 0 Å². The summed E-state index contributed by atoms with van der Waals surface area (Å²) in [5.74, 6) is -0.350. The van der Waals surface area contributed by atoms with E-state index in [1.54, 1.807) is 6.92 Å². The van der Waals surface area contributed by atoms with Gasteiger partial charge in [-0.25, -0.2) is 0 Å². The van der Waals surface area contributed by atoms with Gasteiger partial charge in [-0.05, 0) is 105 Å². The number of hydrogen-bond acceptors (Lipinski definition) is 7. The zero-order valence-electron chi connectivity index (χ0n) is 38.3. The number of fused-ring (bicyclic) bond motifs is 6. The highest BCUT2D eigenvalue weighted by molar-refractivity contribution is 7.85. The number of amides is 1. The van der Waals surface area contributed by atoms with Crippen molar-refractivity contribution in [2.75, 3.05) is 30.3 Å². The van der Waals surface area contributed by atoms with Gasteiger partial charge >= 0.3 is 0 Å². The molecule has 0 aromatic heterocycles. The van der Waals surface area contributed by atoms with E-state index in [1.807, 2.05) is 12.2 Å². The van der Waals surface area contributed by atoms with Gasteiger partial charge in [0, 0.05) is 66.9 Å². The second kappa shape index (κ2) is 21.2. The van der Waals surface area contributed by atoms with Crippen molar-refractivity contribution in [3.05, 3.63) is 132 Å². The third-order valence-electron chi connectivity index (χ3n) is 12.5. The fraction of sp³-hybridized carbons (Fsp3) is 0.415. The Morgan fingerprint density at radius 3 is 2.11 bits per heavy atom. The summed E-state index contributed by atoms with van der Waals surface area (Å²) in [6, 6.07) is 25.8. The number of Topliss-reactive ketones (excluding diaryl/α,β-unsaturated/α-hetero) is 1. The minimum atomic E-state index is -4.01. The minimum absolute atomic E-state index is 0.200. The van der Waals surface area contributed by atoms with Crippen molar-refractivity contribution >= 4 is 60.4 Å². The molecule has 2 aliphatic heterocycles. The van der Waals surface area contributed by atoms with E-state index in [-0.39, 0.29) is 28.3 Å². The van der Waals surface area contributed by atoms with Gasteiger partial charge in [0.25, 0.3) is 10.1 Å². The van der Waals surface area contributed by atoms with Gasteiger partial charge in [-0.1, -0.05) is 98.8 Å². The number of nitrogens with zero attached hydrogens (tertiary/aromatic N) is 2. The summed E-state index contributed by atoms with van der Waals surface area (Å²) in [7, 11) is -4.01. The Kier molecular flexibility index (Phi) is 16.0. The number of hydrogen-bond donors (Lipinski definition) is 3. The van der Waals surface area contributed by atoms with Gasteiger partial charge in [0.05, 0.1) is 11.2 Å². The number of anilines is 1. The number of aliphatic hydroxyl groups excluding tert-OH is 1. The molecule has 340 valence electrons. The summed E-state index contributed by atoms with van der Waals surface area (Å²) < 4.78 is 39.8. The zero-order chi connectivity index (χ0) is 46.1. The Morgan fingerprint density at radius 2 is 1.41 bits per heavy atom. The molecule has 0 bridgehead atoms. The lowest BCUT2D eigenvalue weighted by Crippen LogP contribution is -2.36. The molecule has 1 amide bonds. The van der Waals surface area contributed by atoms with E-state index in [2.05, 4.69) is 146 Å². The number of nitrogens with one attached hydrogen (secondary N) is 1. The van der Waals surface area contributed by atoms with Crippen molar-refractivity contribution in [2.24, 2.45) is 0 Å². The fourth-order valence-electron chi connectivity index (χ4n) is 9.48. The molecule has 2 aliphatic rings. The number of ether oxygens (including phenoxy) is 1. The standard InChI is InChI=1S/C53H65N3O7S/c1-38(63-39(2)57)51(59)54-34-21-25-42(58)24-11-10-18-35-55-45-32-30-40-22-14-16-26-43(40)49(45)52(3,4)47(55)28-12-8-7-9-13-29-48-53(5,6)50-44-27-17-15-23-41(44)31-33-46(50)56(48)36-19-20-37-64(60,61)62/h7-9,12-17,22-23,26-33,38-39,57H,10-11,18-21,24-25,34-37H2,1-6H3,(H-,54,59,60,61,62)/p+1/t38-,39-/m0/s1. The van der Waals surface area contributed by atoms with Crippen LogP contribution in [0.25, 0.3) is 21.5 Å². The molecule has 3 N–H and O–H groups in total. The van der Waals surface area contributed by atoms with E-state index < -0.39 is 22.5 Å². The Labute approximate surface area is 379 Å². The van der Waals surface area contributed by atoms with E-state index in [0.29, 0.717) is 45.2 Å². The van der Waals surface area contributed by atoms with Gasteiger partial charge in [0.1, 0.15) is 18.4 Å². The molecule has 10 nitrogen and oxygen atoms in total. The van der Waals surface area contributed by atoms with Crippen LogP contribution in [0.2, 0.25) is 0 Å². The first-order chi connectivity index (χ1) is 30.5. The van der Waals surface area contributed by atoms with Gasteiger partial charge < -0.3 is 20.1 Å². The SMILES string of the molecule is C[C@H](O[C@@H](C)O)C(=O)NCCCC(=O)CCCCC[N+]1=C(/C=C/C=C/C=C/C=C2\N(CCCCS(=O)(=O)O)c3ccc4ccccc4c3C2(C)C)C(C)(C)c2c1ccc1ccccc21. The maximum absolute atomic E-state index is 12.7. The predicted molar refractivity (Wildman–Crippen MR) is 260 cm³/mol. The summed E-state index contributed by atoms with van der Waals surface area (Å²) in [4.78, 5) is 27.1. The molecule has 0 radical (unpaired) electrons.